The van der Waals surface area contributed by atoms with Crippen LogP contribution in [0.1, 0.15) is 37.8 Å². The molecule has 1 aromatic rings. The van der Waals surface area contributed by atoms with Crippen LogP contribution in [0.3, 0.4) is 0 Å². The highest BCUT2D eigenvalue weighted by Crippen LogP contribution is 2.28. The van der Waals surface area contributed by atoms with Gasteiger partial charge in [-0.15, -0.1) is 6.58 Å². The van der Waals surface area contributed by atoms with Gasteiger partial charge in [-0.05, 0) is 62.4 Å². The van der Waals surface area contributed by atoms with Crippen LogP contribution in [0.25, 0.3) is 0 Å². The normalized spacial score (nSPS) is 21.4. The van der Waals surface area contributed by atoms with Gasteiger partial charge in [-0.1, -0.05) is 48.0 Å². The van der Waals surface area contributed by atoms with Crippen LogP contribution < -0.4 is 9.47 Å². The Balaban J connectivity index is 1.45. The van der Waals surface area contributed by atoms with Crippen LogP contribution >= 0.6 is 0 Å². The van der Waals surface area contributed by atoms with Crippen molar-refractivity contribution in [3.8, 4) is 11.5 Å². The number of hydrogen-bond donors (Lipinski definition) is 0. The van der Waals surface area contributed by atoms with E-state index in [1.54, 1.807) is 7.11 Å². The largest absolute Gasteiger partial charge is 0.496 e. The molecule has 202 valence electrons. The van der Waals surface area contributed by atoms with E-state index in [4.69, 9.17) is 14.3 Å². The number of methoxy groups -OCH3 is 1. The van der Waals surface area contributed by atoms with Gasteiger partial charge in [0.15, 0.2) is 6.10 Å². The Bertz CT molecular complexity index is 1000. The maximum atomic E-state index is 6.19. The highest BCUT2D eigenvalue weighted by atomic mass is 16.6. The summed E-state index contributed by atoms with van der Waals surface area (Å²) in [7, 11) is 1.70. The third-order valence-electron chi connectivity index (χ3n) is 6.89. The number of nitrogens with zero attached hydrogens (tertiary/aromatic N) is 3. The van der Waals surface area contributed by atoms with Crippen LogP contribution in [-0.4, -0.2) is 75.1 Å². The lowest BCUT2D eigenvalue weighted by Gasteiger charge is -2.36. The molecule has 0 aliphatic carbocycles. The average molecular weight is 508 g/mol. The van der Waals surface area contributed by atoms with Gasteiger partial charge >= 0.3 is 0 Å². The molecule has 0 radical (unpaired) electrons. The van der Waals surface area contributed by atoms with E-state index in [1.165, 1.54) is 11.1 Å². The van der Waals surface area contributed by atoms with E-state index in [-0.39, 0.29) is 12.0 Å². The third kappa shape index (κ3) is 8.90. The zero-order valence-corrected chi connectivity index (χ0v) is 23.4. The molecule has 3 rings (SSSR count). The molecule has 0 spiro atoms. The molecular formula is C31H45N3O3. The van der Waals surface area contributed by atoms with Crippen LogP contribution in [0.4, 0.5) is 0 Å². The molecule has 2 unspecified atom stereocenters. The molecule has 1 aromatic carbocycles. The lowest BCUT2D eigenvalue weighted by molar-refractivity contribution is 0.0104. The Hall–Kier alpha value is -2.83. The predicted octanol–water partition coefficient (Wildman–Crippen LogP) is 5.72. The molecular weight excluding hydrogens is 462 g/mol. The molecule has 2 aliphatic rings. The zero-order valence-electron chi connectivity index (χ0n) is 23.4. The fourth-order valence-corrected chi connectivity index (χ4v) is 4.79. The minimum atomic E-state index is 0.0249. The molecule has 1 fully saturated rings. The second-order valence-corrected chi connectivity index (χ2v) is 10.1. The van der Waals surface area contributed by atoms with Gasteiger partial charge in [0.25, 0.3) is 0 Å². The standard InChI is InChI=1S/C31H45N3O3/c1-7-9-10-12-27(11-8-2)17-24(3)21-33-13-15-34(16-14-33)22-31-28(20-32-37-31)23-36-30-19-25(4)29(35-6)18-26(30)5/h7,10-12,17-20,28,31H,1,8-9,13-16,21-23H2,2-6H3/b12-10-,24-17+,27-11+. The van der Waals surface area contributed by atoms with Crippen molar-refractivity contribution >= 4 is 6.21 Å². The Kier molecular flexibility index (Phi) is 11.5. The van der Waals surface area contributed by atoms with Gasteiger partial charge in [0.05, 0.1) is 25.8 Å². The van der Waals surface area contributed by atoms with Crippen molar-refractivity contribution in [2.75, 3.05) is 53.0 Å². The van der Waals surface area contributed by atoms with E-state index >= 15 is 0 Å². The van der Waals surface area contributed by atoms with Crippen LogP contribution in [0, 0.1) is 19.8 Å². The highest BCUT2D eigenvalue weighted by Gasteiger charge is 2.31. The van der Waals surface area contributed by atoms with Gasteiger partial charge < -0.3 is 14.3 Å². The second kappa shape index (κ2) is 14.8. The van der Waals surface area contributed by atoms with E-state index < -0.39 is 0 Å². The van der Waals surface area contributed by atoms with E-state index in [0.717, 1.165) is 74.7 Å². The Morgan fingerprint density at radius 3 is 2.54 bits per heavy atom. The van der Waals surface area contributed by atoms with Crippen molar-refractivity contribution in [3.05, 3.63) is 71.4 Å². The van der Waals surface area contributed by atoms with Gasteiger partial charge in [-0.25, -0.2) is 0 Å². The molecule has 0 bridgehead atoms. The lowest BCUT2D eigenvalue weighted by Crippen LogP contribution is -2.49. The summed E-state index contributed by atoms with van der Waals surface area (Å²) in [5.74, 6) is 1.92. The SMILES string of the molecule is C=CC\C=C/C(=C\CC)/C=C(\C)CN1CCN(CC2ON=CC2COc2cc(C)c(OC)cc2C)CC1. The first-order valence-electron chi connectivity index (χ1n) is 13.5. The van der Waals surface area contributed by atoms with Crippen molar-refractivity contribution in [1.29, 1.82) is 0 Å². The fourth-order valence-electron chi connectivity index (χ4n) is 4.79. The van der Waals surface area contributed by atoms with Gasteiger partial charge in [0.1, 0.15) is 11.5 Å². The second-order valence-electron chi connectivity index (χ2n) is 10.1. The van der Waals surface area contributed by atoms with Crippen molar-refractivity contribution < 1.29 is 14.3 Å². The smallest absolute Gasteiger partial charge is 0.151 e. The first-order valence-corrected chi connectivity index (χ1v) is 13.5. The number of aryl methyl sites for hydroxylation is 2. The maximum Gasteiger partial charge on any atom is 0.151 e. The maximum absolute atomic E-state index is 6.19. The summed E-state index contributed by atoms with van der Waals surface area (Å²) in [5, 5.41) is 4.13. The quantitative estimate of drug-likeness (QED) is 0.252. The number of hydrogen-bond acceptors (Lipinski definition) is 6. The van der Waals surface area contributed by atoms with Crippen LogP contribution in [0.5, 0.6) is 11.5 Å². The summed E-state index contributed by atoms with van der Waals surface area (Å²) in [6.07, 6.45) is 14.8. The van der Waals surface area contributed by atoms with Crippen molar-refractivity contribution in [2.45, 2.75) is 46.6 Å². The molecule has 2 heterocycles. The monoisotopic (exact) mass is 507 g/mol. The number of rotatable bonds is 13. The Morgan fingerprint density at radius 2 is 1.84 bits per heavy atom. The summed E-state index contributed by atoms with van der Waals surface area (Å²) in [4.78, 5) is 10.8. The van der Waals surface area contributed by atoms with Crippen molar-refractivity contribution in [1.82, 2.24) is 9.80 Å². The van der Waals surface area contributed by atoms with Gasteiger partial charge in [-0.3, -0.25) is 9.80 Å². The Morgan fingerprint density at radius 1 is 1.14 bits per heavy atom. The number of ether oxygens (including phenoxy) is 2. The van der Waals surface area contributed by atoms with Crippen molar-refractivity contribution in [2.24, 2.45) is 11.1 Å². The molecule has 37 heavy (non-hydrogen) atoms. The molecule has 2 aliphatic heterocycles. The first kappa shape index (κ1) is 28.7. The summed E-state index contributed by atoms with van der Waals surface area (Å²) in [6, 6.07) is 4.07. The number of allylic oxidation sites excluding steroid dienone is 6. The number of oxime groups is 1. The highest BCUT2D eigenvalue weighted by molar-refractivity contribution is 5.62. The number of benzene rings is 1. The first-order chi connectivity index (χ1) is 17.9. The van der Waals surface area contributed by atoms with Crippen molar-refractivity contribution in [3.63, 3.8) is 0 Å². The van der Waals surface area contributed by atoms with Gasteiger partial charge in [0.2, 0.25) is 0 Å². The zero-order chi connectivity index (χ0) is 26.6. The molecule has 0 aromatic heterocycles. The summed E-state index contributed by atoms with van der Waals surface area (Å²) in [6.45, 7) is 18.9. The van der Waals surface area contributed by atoms with Crippen LogP contribution in [0.2, 0.25) is 0 Å². The molecule has 0 saturated carbocycles. The molecule has 2 atom stereocenters. The summed E-state index contributed by atoms with van der Waals surface area (Å²) >= 11 is 0. The third-order valence-corrected chi connectivity index (χ3v) is 6.89. The molecule has 6 nitrogen and oxygen atoms in total. The number of piperazine rings is 1. The van der Waals surface area contributed by atoms with Gasteiger partial charge in [0, 0.05) is 39.3 Å². The van der Waals surface area contributed by atoms with Gasteiger partial charge in [-0.2, -0.15) is 0 Å². The molecule has 1 saturated heterocycles. The van der Waals surface area contributed by atoms with E-state index in [0.29, 0.717) is 6.61 Å². The fraction of sp³-hybridized carbons (Fsp3) is 0.516. The average Bonchev–Trinajstić information content (AvgIpc) is 3.32. The molecule has 6 heteroatoms. The van der Waals surface area contributed by atoms with E-state index in [9.17, 15) is 0 Å². The minimum absolute atomic E-state index is 0.0249. The predicted molar refractivity (Wildman–Crippen MR) is 154 cm³/mol. The van der Waals surface area contributed by atoms with Crippen LogP contribution in [0.15, 0.2) is 65.4 Å². The lowest BCUT2D eigenvalue weighted by atomic mass is 10.0. The topological polar surface area (TPSA) is 46.5 Å². The molecule has 0 amide bonds. The summed E-state index contributed by atoms with van der Waals surface area (Å²) in [5.41, 5.74) is 4.82. The van der Waals surface area contributed by atoms with E-state index in [1.807, 2.05) is 38.3 Å². The van der Waals surface area contributed by atoms with Crippen LogP contribution in [-0.2, 0) is 4.84 Å². The minimum Gasteiger partial charge on any atom is -0.496 e. The van der Waals surface area contributed by atoms with E-state index in [2.05, 4.69) is 59.7 Å². The Labute approximate surface area is 223 Å². The molecule has 0 N–H and O–H groups in total. The summed E-state index contributed by atoms with van der Waals surface area (Å²) < 4.78 is 11.6.